The zero-order valence-electron chi connectivity index (χ0n) is 22.0. The molecule has 0 N–H and O–H groups in total. The Hall–Kier alpha value is -3.79. The minimum absolute atomic E-state index is 0.165. The van der Waals surface area contributed by atoms with Crippen molar-refractivity contribution in [1.29, 1.82) is 0 Å². The number of thioether (sulfide) groups is 1. The summed E-state index contributed by atoms with van der Waals surface area (Å²) in [6.45, 7) is 4.57. The molecule has 202 valence electrons. The van der Waals surface area contributed by atoms with Gasteiger partial charge in [-0.2, -0.15) is 0 Å². The van der Waals surface area contributed by atoms with Gasteiger partial charge in [-0.1, -0.05) is 90.7 Å². The summed E-state index contributed by atoms with van der Waals surface area (Å²) in [5, 5.41) is 0. The quantitative estimate of drug-likeness (QED) is 0.241. The number of rotatable bonds is 7. The van der Waals surface area contributed by atoms with Crippen LogP contribution in [-0.2, 0) is 17.8 Å². The Morgan fingerprint density at radius 3 is 2.25 bits per heavy atom. The van der Waals surface area contributed by atoms with E-state index in [0.29, 0.717) is 39.2 Å². The maximum Gasteiger partial charge on any atom is 0.267 e. The molecule has 0 atom stereocenters. The molecule has 2 aliphatic heterocycles. The molecule has 4 aromatic rings. The SMILES string of the molecule is O=C1/C(=C/c2c(N3CCN(Cc4ccccc4)CC3)nc3ccccn3c2=O)SC(=S)N1CCc1ccccc1. The summed E-state index contributed by atoms with van der Waals surface area (Å²) in [5.74, 6) is 0.451. The van der Waals surface area contributed by atoms with Crippen LogP contribution in [0.4, 0.5) is 5.82 Å². The average molecular weight is 568 g/mol. The van der Waals surface area contributed by atoms with Gasteiger partial charge >= 0.3 is 0 Å². The van der Waals surface area contributed by atoms with Gasteiger partial charge < -0.3 is 4.90 Å². The van der Waals surface area contributed by atoms with E-state index in [1.165, 1.54) is 21.7 Å². The molecule has 2 aliphatic rings. The van der Waals surface area contributed by atoms with Gasteiger partial charge in [-0.25, -0.2) is 4.98 Å². The Kier molecular flexibility index (Phi) is 7.77. The molecule has 0 unspecified atom stereocenters. The third kappa shape index (κ3) is 5.58. The second-order valence-electron chi connectivity index (χ2n) is 9.90. The second-order valence-corrected chi connectivity index (χ2v) is 11.6. The van der Waals surface area contributed by atoms with E-state index in [4.69, 9.17) is 17.2 Å². The number of benzene rings is 2. The molecule has 4 heterocycles. The number of piperazine rings is 1. The van der Waals surface area contributed by atoms with Crippen molar-refractivity contribution in [3.8, 4) is 0 Å². The van der Waals surface area contributed by atoms with Crippen molar-refractivity contribution in [2.75, 3.05) is 37.6 Å². The molecule has 2 aromatic carbocycles. The summed E-state index contributed by atoms with van der Waals surface area (Å²) in [7, 11) is 0. The third-order valence-corrected chi connectivity index (χ3v) is 8.66. The summed E-state index contributed by atoms with van der Waals surface area (Å²) >= 11 is 6.82. The topological polar surface area (TPSA) is 61.2 Å². The van der Waals surface area contributed by atoms with Crippen molar-refractivity contribution < 1.29 is 4.79 Å². The first-order valence-electron chi connectivity index (χ1n) is 13.4. The number of nitrogens with zero attached hydrogens (tertiary/aromatic N) is 5. The van der Waals surface area contributed by atoms with E-state index in [0.717, 1.165) is 38.3 Å². The second kappa shape index (κ2) is 11.8. The molecule has 0 radical (unpaired) electrons. The van der Waals surface area contributed by atoms with Crippen LogP contribution < -0.4 is 10.5 Å². The Labute approximate surface area is 242 Å². The van der Waals surface area contributed by atoms with Crippen molar-refractivity contribution >= 4 is 51.7 Å². The van der Waals surface area contributed by atoms with E-state index in [9.17, 15) is 9.59 Å². The monoisotopic (exact) mass is 567 g/mol. The molecular weight excluding hydrogens is 539 g/mol. The molecule has 2 fully saturated rings. The maximum absolute atomic E-state index is 13.7. The van der Waals surface area contributed by atoms with Gasteiger partial charge in [0.2, 0.25) is 0 Å². The molecular formula is C31H29N5O2S2. The van der Waals surface area contributed by atoms with Crippen LogP contribution >= 0.6 is 24.0 Å². The molecule has 0 saturated carbocycles. The van der Waals surface area contributed by atoms with Gasteiger partial charge in [0.25, 0.3) is 11.5 Å². The standard InChI is InChI=1S/C31H29N5O2S2/c37-29-25(21-26-30(38)36(31(39)40-26)16-14-23-9-3-1-4-10-23)28(32-27-13-7-8-15-35(27)29)34-19-17-33(18-20-34)22-24-11-5-2-6-12-24/h1-13,15,21H,14,16-20,22H2/b26-21-. The first-order valence-corrected chi connectivity index (χ1v) is 14.6. The van der Waals surface area contributed by atoms with E-state index < -0.39 is 0 Å². The average Bonchev–Trinajstić information content (AvgIpc) is 3.26. The van der Waals surface area contributed by atoms with E-state index >= 15 is 0 Å². The van der Waals surface area contributed by atoms with Crippen LogP contribution in [0.15, 0.2) is 94.8 Å². The van der Waals surface area contributed by atoms with Crippen LogP contribution in [-0.4, -0.2) is 62.1 Å². The van der Waals surface area contributed by atoms with Gasteiger partial charge in [-0.3, -0.25) is 23.8 Å². The summed E-state index contributed by atoms with van der Waals surface area (Å²) in [5.41, 5.74) is 3.24. The molecule has 6 rings (SSSR count). The van der Waals surface area contributed by atoms with Crippen LogP contribution in [0.25, 0.3) is 11.7 Å². The molecule has 7 nitrogen and oxygen atoms in total. The van der Waals surface area contributed by atoms with Crippen molar-refractivity contribution in [2.24, 2.45) is 0 Å². The Balaban J connectivity index is 1.27. The zero-order chi connectivity index (χ0) is 27.5. The number of pyridine rings is 1. The highest BCUT2D eigenvalue weighted by Crippen LogP contribution is 2.34. The van der Waals surface area contributed by atoms with Crippen molar-refractivity contribution in [3.63, 3.8) is 0 Å². The van der Waals surface area contributed by atoms with E-state index in [-0.39, 0.29) is 11.5 Å². The van der Waals surface area contributed by atoms with E-state index in [1.807, 2.05) is 54.6 Å². The van der Waals surface area contributed by atoms with Gasteiger partial charge in [0, 0.05) is 45.5 Å². The van der Waals surface area contributed by atoms with Gasteiger partial charge in [0.15, 0.2) is 0 Å². The van der Waals surface area contributed by atoms with E-state index in [1.54, 1.807) is 17.2 Å². The Bertz CT molecular complexity index is 1630. The number of anilines is 1. The number of hydrogen-bond acceptors (Lipinski definition) is 7. The molecule has 0 aliphatic carbocycles. The molecule has 1 amide bonds. The number of hydrogen-bond donors (Lipinski definition) is 0. The van der Waals surface area contributed by atoms with E-state index in [2.05, 4.69) is 34.1 Å². The summed E-state index contributed by atoms with van der Waals surface area (Å²) in [6, 6.07) is 26.0. The lowest BCUT2D eigenvalue weighted by Gasteiger charge is -2.36. The Morgan fingerprint density at radius 1 is 0.850 bits per heavy atom. The molecule has 0 bridgehead atoms. The lowest BCUT2D eigenvalue weighted by Crippen LogP contribution is -2.47. The largest absolute Gasteiger partial charge is 0.353 e. The van der Waals surface area contributed by atoms with Crippen molar-refractivity contribution in [2.45, 2.75) is 13.0 Å². The van der Waals surface area contributed by atoms with Crippen LogP contribution in [0.2, 0.25) is 0 Å². The summed E-state index contributed by atoms with van der Waals surface area (Å²) in [6.07, 6.45) is 4.12. The Morgan fingerprint density at radius 2 is 1.52 bits per heavy atom. The highest BCUT2D eigenvalue weighted by atomic mass is 32.2. The number of carbonyl (C=O) groups is 1. The van der Waals surface area contributed by atoms with Crippen LogP contribution in [0.3, 0.4) is 0 Å². The van der Waals surface area contributed by atoms with Gasteiger partial charge in [0.05, 0.1) is 10.5 Å². The van der Waals surface area contributed by atoms with Crippen LogP contribution in [0.5, 0.6) is 0 Å². The fourth-order valence-corrected chi connectivity index (χ4v) is 6.42. The number of carbonyl (C=O) groups excluding carboxylic acids is 1. The minimum Gasteiger partial charge on any atom is -0.353 e. The lowest BCUT2D eigenvalue weighted by molar-refractivity contribution is -0.122. The predicted molar refractivity (Wildman–Crippen MR) is 165 cm³/mol. The van der Waals surface area contributed by atoms with Crippen molar-refractivity contribution in [3.05, 3.63) is 117 Å². The molecule has 2 aromatic heterocycles. The maximum atomic E-state index is 13.7. The van der Waals surface area contributed by atoms with Gasteiger partial charge in [-0.05, 0) is 35.8 Å². The highest BCUT2D eigenvalue weighted by Gasteiger charge is 2.33. The first-order chi connectivity index (χ1) is 19.6. The fourth-order valence-electron chi connectivity index (χ4n) is 5.13. The third-order valence-electron chi connectivity index (χ3n) is 7.29. The number of amides is 1. The number of aromatic nitrogens is 2. The van der Waals surface area contributed by atoms with Gasteiger partial charge in [-0.15, -0.1) is 0 Å². The highest BCUT2D eigenvalue weighted by molar-refractivity contribution is 8.26. The van der Waals surface area contributed by atoms with Crippen LogP contribution in [0, 0.1) is 0 Å². The lowest BCUT2D eigenvalue weighted by atomic mass is 10.1. The van der Waals surface area contributed by atoms with Gasteiger partial charge in [0.1, 0.15) is 15.8 Å². The normalized spacial score (nSPS) is 17.4. The zero-order valence-corrected chi connectivity index (χ0v) is 23.6. The van der Waals surface area contributed by atoms with Crippen molar-refractivity contribution in [1.82, 2.24) is 19.2 Å². The van der Waals surface area contributed by atoms with Crippen LogP contribution in [0.1, 0.15) is 16.7 Å². The molecule has 9 heteroatoms. The fraction of sp³-hybridized carbons (Fsp3) is 0.226. The molecule has 2 saturated heterocycles. The minimum atomic E-state index is -0.193. The number of thiocarbonyl (C=S) groups is 1. The summed E-state index contributed by atoms with van der Waals surface area (Å²) in [4.78, 5) is 38.7. The predicted octanol–water partition coefficient (Wildman–Crippen LogP) is 4.46. The molecule has 40 heavy (non-hydrogen) atoms. The number of fused-ring (bicyclic) bond motifs is 1. The molecule has 0 spiro atoms. The first kappa shape index (κ1) is 26.4. The smallest absolute Gasteiger partial charge is 0.267 e. The summed E-state index contributed by atoms with van der Waals surface area (Å²) < 4.78 is 2.05.